The lowest BCUT2D eigenvalue weighted by molar-refractivity contribution is 0.149. The quantitative estimate of drug-likeness (QED) is 0.793. The Balaban J connectivity index is 3.28. The lowest BCUT2D eigenvalue weighted by atomic mass is 10.2. The van der Waals surface area contributed by atoms with Crippen molar-refractivity contribution < 1.29 is 13.5 Å². The van der Waals surface area contributed by atoms with Crippen molar-refractivity contribution in [3.05, 3.63) is 21.8 Å². The Morgan fingerprint density at radius 2 is 2.29 bits per heavy atom. The lowest BCUT2D eigenvalue weighted by Gasteiger charge is -2.10. The van der Waals surface area contributed by atoms with E-state index >= 15 is 0 Å². The number of alkyl halides is 3. The van der Waals surface area contributed by atoms with Gasteiger partial charge in [0.1, 0.15) is 0 Å². The summed E-state index contributed by atoms with van der Waals surface area (Å²) in [4.78, 5) is 3.72. The molecule has 6 heteroatoms. The molecule has 1 aromatic rings. The van der Waals surface area contributed by atoms with Crippen LogP contribution in [0.25, 0.3) is 0 Å². The minimum absolute atomic E-state index is 0.0147. The highest BCUT2D eigenvalue weighted by molar-refractivity contribution is 9.10. The van der Waals surface area contributed by atoms with Gasteiger partial charge < -0.3 is 4.74 Å². The Kier molecular flexibility index (Phi) is 4.07. The summed E-state index contributed by atoms with van der Waals surface area (Å²) < 4.78 is 30.2. The fraction of sp³-hybridized carbons (Fsp3) is 0.375. The van der Waals surface area contributed by atoms with Gasteiger partial charge in [0.25, 0.3) is 6.43 Å². The van der Waals surface area contributed by atoms with E-state index < -0.39 is 6.43 Å². The third-order valence-electron chi connectivity index (χ3n) is 1.68. The van der Waals surface area contributed by atoms with Gasteiger partial charge in [0.15, 0.2) is 0 Å². The van der Waals surface area contributed by atoms with E-state index in [4.69, 9.17) is 16.3 Å². The van der Waals surface area contributed by atoms with Crippen molar-refractivity contribution in [2.75, 3.05) is 7.11 Å². The largest absolute Gasteiger partial charge is 0.480 e. The zero-order chi connectivity index (χ0) is 10.7. The third kappa shape index (κ3) is 2.15. The van der Waals surface area contributed by atoms with Gasteiger partial charge in [-0.3, -0.25) is 0 Å². The predicted molar refractivity (Wildman–Crippen MR) is 53.0 cm³/mol. The van der Waals surface area contributed by atoms with Crippen molar-refractivity contribution in [2.45, 2.75) is 12.3 Å². The second kappa shape index (κ2) is 4.89. The summed E-state index contributed by atoms with van der Waals surface area (Å²) >= 11 is 8.68. The van der Waals surface area contributed by atoms with E-state index in [-0.39, 0.29) is 17.3 Å². The summed E-state index contributed by atoms with van der Waals surface area (Å²) in [7, 11) is 1.41. The number of hydrogen-bond acceptors (Lipinski definition) is 2. The first-order chi connectivity index (χ1) is 6.61. The Bertz CT molecular complexity index is 335. The maximum Gasteiger partial charge on any atom is 0.265 e. The highest BCUT2D eigenvalue weighted by atomic mass is 79.9. The maximum atomic E-state index is 12.5. The summed E-state index contributed by atoms with van der Waals surface area (Å²) in [5, 5.41) is 0. The van der Waals surface area contributed by atoms with Gasteiger partial charge in [-0.1, -0.05) is 0 Å². The minimum atomic E-state index is -2.58. The summed E-state index contributed by atoms with van der Waals surface area (Å²) in [5.74, 6) is 0.240. The molecule has 0 unspecified atom stereocenters. The minimum Gasteiger partial charge on any atom is -0.480 e. The third-order valence-corrected chi connectivity index (χ3v) is 2.77. The van der Waals surface area contributed by atoms with Crippen LogP contribution >= 0.6 is 27.5 Å². The highest BCUT2D eigenvalue weighted by Crippen LogP contribution is 2.34. The van der Waals surface area contributed by atoms with E-state index in [2.05, 4.69) is 20.9 Å². The molecule has 0 saturated carbocycles. The number of halogens is 4. The first-order valence-electron chi connectivity index (χ1n) is 3.67. The molecule has 0 atom stereocenters. The van der Waals surface area contributed by atoms with E-state index in [1.807, 2.05) is 0 Å². The molecule has 0 saturated heterocycles. The Morgan fingerprint density at radius 3 is 2.71 bits per heavy atom. The molecule has 1 aromatic heterocycles. The van der Waals surface area contributed by atoms with Gasteiger partial charge >= 0.3 is 0 Å². The number of hydrogen-bond donors (Lipinski definition) is 0. The first kappa shape index (κ1) is 11.7. The number of methoxy groups -OCH3 is 1. The van der Waals surface area contributed by atoms with Gasteiger partial charge in [-0.2, -0.15) is 0 Å². The average Bonchev–Trinajstić information content (AvgIpc) is 2.17. The van der Waals surface area contributed by atoms with Crippen molar-refractivity contribution in [3.63, 3.8) is 0 Å². The van der Waals surface area contributed by atoms with Crippen LogP contribution in [0.5, 0.6) is 5.88 Å². The van der Waals surface area contributed by atoms with Crippen LogP contribution in [0.15, 0.2) is 10.7 Å². The molecule has 0 fully saturated rings. The fourth-order valence-electron chi connectivity index (χ4n) is 0.985. The molecule has 0 aliphatic heterocycles. The SMILES string of the molecule is COc1ncc(C(F)F)c(CCl)c1Br. The Hall–Kier alpha value is -0.420. The number of nitrogens with zero attached hydrogens (tertiary/aromatic N) is 1. The molecular formula is C8H7BrClF2NO. The standard InChI is InChI=1S/C8H7BrClF2NO/c1-14-8-6(9)4(2-10)5(3-13-8)7(11)12/h3,7H,2H2,1H3. The smallest absolute Gasteiger partial charge is 0.265 e. The van der Waals surface area contributed by atoms with Crippen LogP contribution in [-0.4, -0.2) is 12.1 Å². The van der Waals surface area contributed by atoms with Crippen LogP contribution in [0.3, 0.4) is 0 Å². The summed E-state index contributed by atoms with van der Waals surface area (Å²) in [6, 6.07) is 0. The zero-order valence-electron chi connectivity index (χ0n) is 7.23. The summed E-state index contributed by atoms with van der Waals surface area (Å²) in [6.07, 6.45) is -1.51. The molecule has 0 amide bonds. The van der Waals surface area contributed by atoms with Gasteiger partial charge in [0, 0.05) is 17.6 Å². The molecule has 0 spiro atoms. The molecule has 0 radical (unpaired) electrons. The maximum absolute atomic E-state index is 12.5. The van der Waals surface area contributed by atoms with Crippen LogP contribution in [0, 0.1) is 0 Å². The predicted octanol–water partition coefficient (Wildman–Crippen LogP) is 3.53. The Morgan fingerprint density at radius 1 is 1.64 bits per heavy atom. The van der Waals surface area contributed by atoms with Crippen LogP contribution in [-0.2, 0) is 5.88 Å². The molecule has 1 rings (SSSR count). The van der Waals surface area contributed by atoms with Crippen molar-refractivity contribution in [3.8, 4) is 5.88 Å². The molecule has 0 aliphatic rings. The van der Waals surface area contributed by atoms with Crippen LogP contribution < -0.4 is 4.74 Å². The Labute approximate surface area is 93.4 Å². The number of ether oxygens (including phenoxy) is 1. The van der Waals surface area contributed by atoms with Crippen LogP contribution in [0.1, 0.15) is 17.6 Å². The number of rotatable bonds is 3. The molecule has 0 bridgehead atoms. The van der Waals surface area contributed by atoms with Crippen LogP contribution in [0.2, 0.25) is 0 Å². The molecule has 1 heterocycles. The summed E-state index contributed by atoms with van der Waals surface area (Å²) in [6.45, 7) is 0. The normalized spacial score (nSPS) is 10.7. The molecule has 0 N–H and O–H groups in total. The zero-order valence-corrected chi connectivity index (χ0v) is 9.57. The van der Waals surface area contributed by atoms with E-state index in [0.29, 0.717) is 10.0 Å². The van der Waals surface area contributed by atoms with E-state index in [1.54, 1.807) is 0 Å². The van der Waals surface area contributed by atoms with Crippen molar-refractivity contribution in [1.29, 1.82) is 0 Å². The lowest BCUT2D eigenvalue weighted by Crippen LogP contribution is -1.99. The van der Waals surface area contributed by atoms with Gasteiger partial charge in [-0.05, 0) is 21.5 Å². The van der Waals surface area contributed by atoms with Gasteiger partial charge in [-0.15, -0.1) is 11.6 Å². The fourth-order valence-corrected chi connectivity index (χ4v) is 2.07. The first-order valence-corrected chi connectivity index (χ1v) is 5.00. The van der Waals surface area contributed by atoms with Gasteiger partial charge in [0.2, 0.25) is 5.88 Å². The number of pyridine rings is 1. The van der Waals surface area contributed by atoms with Crippen molar-refractivity contribution in [2.24, 2.45) is 0 Å². The second-order valence-electron chi connectivity index (χ2n) is 2.45. The van der Waals surface area contributed by atoms with Crippen molar-refractivity contribution >= 4 is 27.5 Å². The molecule has 14 heavy (non-hydrogen) atoms. The average molecular weight is 287 g/mol. The van der Waals surface area contributed by atoms with E-state index in [0.717, 1.165) is 6.20 Å². The van der Waals surface area contributed by atoms with E-state index in [1.165, 1.54) is 7.11 Å². The molecular weight excluding hydrogens is 279 g/mol. The molecule has 78 valence electrons. The molecule has 0 aliphatic carbocycles. The van der Waals surface area contributed by atoms with Crippen molar-refractivity contribution in [1.82, 2.24) is 4.98 Å². The highest BCUT2D eigenvalue weighted by Gasteiger charge is 2.18. The second-order valence-corrected chi connectivity index (χ2v) is 3.51. The van der Waals surface area contributed by atoms with Gasteiger partial charge in [-0.25, -0.2) is 13.8 Å². The monoisotopic (exact) mass is 285 g/mol. The number of aromatic nitrogens is 1. The van der Waals surface area contributed by atoms with E-state index in [9.17, 15) is 8.78 Å². The van der Waals surface area contributed by atoms with Crippen LogP contribution in [0.4, 0.5) is 8.78 Å². The van der Waals surface area contributed by atoms with Gasteiger partial charge in [0.05, 0.1) is 11.6 Å². The molecule has 0 aromatic carbocycles. The topological polar surface area (TPSA) is 22.1 Å². The molecule has 2 nitrogen and oxygen atoms in total. The summed E-state index contributed by atoms with van der Waals surface area (Å²) in [5.41, 5.74) is 0.140.